The van der Waals surface area contributed by atoms with Crippen LogP contribution in [0.2, 0.25) is 0 Å². The summed E-state index contributed by atoms with van der Waals surface area (Å²) >= 11 is 0. The molecule has 2 heterocycles. The monoisotopic (exact) mass is 276 g/mol. The van der Waals surface area contributed by atoms with Gasteiger partial charge < -0.3 is 9.63 Å². The Bertz CT molecular complexity index is 501. The summed E-state index contributed by atoms with van der Waals surface area (Å²) in [4.78, 5) is 10.5. The molecule has 0 aliphatic heterocycles. The van der Waals surface area contributed by atoms with E-state index in [4.69, 9.17) is 9.63 Å². The number of nitrogens with zero attached hydrogens (tertiary/aromatic N) is 4. The van der Waals surface area contributed by atoms with Gasteiger partial charge in [0.1, 0.15) is 0 Å². The van der Waals surface area contributed by atoms with Crippen LogP contribution in [0.4, 0.5) is 0 Å². The Hall–Kier alpha value is -1.79. The summed E-state index contributed by atoms with van der Waals surface area (Å²) in [6.07, 6.45) is 6.38. The van der Waals surface area contributed by atoms with E-state index in [2.05, 4.69) is 20.0 Å². The second kappa shape index (κ2) is 7.72. The molecule has 2 aromatic heterocycles. The molecule has 0 saturated carbocycles. The molecule has 6 heteroatoms. The molecule has 0 aromatic carbocycles. The first-order valence-electron chi connectivity index (χ1n) is 6.82. The van der Waals surface area contributed by atoms with E-state index >= 15 is 0 Å². The summed E-state index contributed by atoms with van der Waals surface area (Å²) in [5.74, 6) is 1.18. The van der Waals surface area contributed by atoms with E-state index in [9.17, 15) is 0 Å². The maximum Gasteiger partial charge on any atom is 0.241 e. The van der Waals surface area contributed by atoms with Gasteiger partial charge >= 0.3 is 0 Å². The minimum Gasteiger partial charge on any atom is -0.396 e. The SMILES string of the molecule is CN(CCCCCO)Cc1nc(-c2cccnc2)no1. The molecule has 0 aliphatic carbocycles. The number of hydrogen-bond donors (Lipinski definition) is 1. The molecular formula is C14H20N4O2. The van der Waals surface area contributed by atoms with E-state index in [1.807, 2.05) is 19.2 Å². The quantitative estimate of drug-likeness (QED) is 0.740. The van der Waals surface area contributed by atoms with Gasteiger partial charge in [0.05, 0.1) is 6.54 Å². The maximum atomic E-state index is 8.73. The smallest absolute Gasteiger partial charge is 0.241 e. The maximum absolute atomic E-state index is 8.73. The second-order valence-corrected chi connectivity index (χ2v) is 4.78. The zero-order valence-corrected chi connectivity index (χ0v) is 11.7. The standard InChI is InChI=1S/C14H20N4O2/c1-18(8-3-2-4-9-19)11-13-16-14(17-20-13)12-6-5-7-15-10-12/h5-7,10,19H,2-4,8-9,11H2,1H3. The van der Waals surface area contributed by atoms with Crippen LogP contribution in [0.25, 0.3) is 11.4 Å². The fourth-order valence-electron chi connectivity index (χ4n) is 1.91. The lowest BCUT2D eigenvalue weighted by molar-refractivity contribution is 0.251. The summed E-state index contributed by atoms with van der Waals surface area (Å²) in [6, 6.07) is 3.75. The van der Waals surface area contributed by atoms with Gasteiger partial charge in [0.15, 0.2) is 0 Å². The number of unbranched alkanes of at least 4 members (excludes halogenated alkanes) is 2. The lowest BCUT2D eigenvalue weighted by Crippen LogP contribution is -2.19. The van der Waals surface area contributed by atoms with Crippen LogP contribution >= 0.6 is 0 Å². The van der Waals surface area contributed by atoms with Crippen LogP contribution < -0.4 is 0 Å². The highest BCUT2D eigenvalue weighted by Gasteiger charge is 2.10. The largest absolute Gasteiger partial charge is 0.396 e. The van der Waals surface area contributed by atoms with Crippen molar-refractivity contribution in [3.63, 3.8) is 0 Å². The van der Waals surface area contributed by atoms with Crippen molar-refractivity contribution >= 4 is 0 Å². The Morgan fingerprint density at radius 1 is 1.30 bits per heavy atom. The van der Waals surface area contributed by atoms with Crippen LogP contribution in [0.5, 0.6) is 0 Å². The van der Waals surface area contributed by atoms with Gasteiger partial charge in [-0.1, -0.05) is 5.16 Å². The molecule has 0 bridgehead atoms. The van der Waals surface area contributed by atoms with Crippen LogP contribution in [0.15, 0.2) is 29.0 Å². The summed E-state index contributed by atoms with van der Waals surface area (Å²) in [5.41, 5.74) is 0.855. The Balaban J connectivity index is 1.83. The van der Waals surface area contributed by atoms with E-state index in [0.29, 0.717) is 18.3 Å². The average Bonchev–Trinajstić information content (AvgIpc) is 2.93. The van der Waals surface area contributed by atoms with Gasteiger partial charge in [0, 0.05) is 24.6 Å². The van der Waals surface area contributed by atoms with Crippen LogP contribution in [0.3, 0.4) is 0 Å². The van der Waals surface area contributed by atoms with Crippen LogP contribution in [0.1, 0.15) is 25.2 Å². The number of aliphatic hydroxyl groups excluding tert-OH is 1. The predicted molar refractivity (Wildman–Crippen MR) is 74.8 cm³/mol. The van der Waals surface area contributed by atoms with Crippen molar-refractivity contribution in [2.75, 3.05) is 20.2 Å². The lowest BCUT2D eigenvalue weighted by Gasteiger charge is -2.13. The van der Waals surface area contributed by atoms with E-state index in [1.54, 1.807) is 12.4 Å². The minimum atomic E-state index is 0.266. The fourth-order valence-corrected chi connectivity index (χ4v) is 1.91. The Labute approximate surface area is 118 Å². The van der Waals surface area contributed by atoms with E-state index in [1.165, 1.54) is 0 Å². The molecule has 0 radical (unpaired) electrons. The zero-order valence-electron chi connectivity index (χ0n) is 11.7. The molecular weight excluding hydrogens is 256 g/mol. The summed E-state index contributed by atoms with van der Waals surface area (Å²) in [6.45, 7) is 1.85. The number of aromatic nitrogens is 3. The topological polar surface area (TPSA) is 75.3 Å². The molecule has 6 nitrogen and oxygen atoms in total. The minimum absolute atomic E-state index is 0.266. The van der Waals surface area contributed by atoms with Gasteiger partial charge in [-0.2, -0.15) is 4.98 Å². The molecule has 0 atom stereocenters. The van der Waals surface area contributed by atoms with Crippen molar-refractivity contribution < 1.29 is 9.63 Å². The fraction of sp³-hybridized carbons (Fsp3) is 0.500. The normalized spacial score (nSPS) is 11.2. The van der Waals surface area contributed by atoms with Crippen molar-refractivity contribution in [3.05, 3.63) is 30.4 Å². The molecule has 108 valence electrons. The molecule has 0 unspecified atom stereocenters. The highest BCUT2D eigenvalue weighted by molar-refractivity contribution is 5.51. The molecule has 0 saturated heterocycles. The number of pyridine rings is 1. The Morgan fingerprint density at radius 2 is 2.20 bits per heavy atom. The first-order chi connectivity index (χ1) is 9.79. The molecule has 2 rings (SSSR count). The second-order valence-electron chi connectivity index (χ2n) is 4.78. The van der Waals surface area contributed by atoms with Gasteiger partial charge in [0.2, 0.25) is 11.7 Å². The molecule has 20 heavy (non-hydrogen) atoms. The van der Waals surface area contributed by atoms with E-state index in [0.717, 1.165) is 31.4 Å². The predicted octanol–water partition coefficient (Wildman–Crippen LogP) is 1.73. The Morgan fingerprint density at radius 3 is 2.95 bits per heavy atom. The first kappa shape index (κ1) is 14.6. The van der Waals surface area contributed by atoms with E-state index < -0.39 is 0 Å². The highest BCUT2D eigenvalue weighted by atomic mass is 16.5. The molecule has 0 spiro atoms. The molecule has 1 N–H and O–H groups in total. The van der Waals surface area contributed by atoms with Gasteiger partial charge in [0.25, 0.3) is 0 Å². The van der Waals surface area contributed by atoms with Crippen molar-refractivity contribution in [1.29, 1.82) is 0 Å². The van der Waals surface area contributed by atoms with Crippen molar-refractivity contribution in [2.45, 2.75) is 25.8 Å². The van der Waals surface area contributed by atoms with Crippen molar-refractivity contribution in [2.24, 2.45) is 0 Å². The third-order valence-corrected chi connectivity index (χ3v) is 2.99. The van der Waals surface area contributed by atoms with Crippen LogP contribution in [0, 0.1) is 0 Å². The number of hydrogen-bond acceptors (Lipinski definition) is 6. The van der Waals surface area contributed by atoms with Crippen molar-refractivity contribution in [1.82, 2.24) is 20.0 Å². The average molecular weight is 276 g/mol. The van der Waals surface area contributed by atoms with Crippen LogP contribution in [-0.2, 0) is 6.54 Å². The van der Waals surface area contributed by atoms with Crippen LogP contribution in [-0.4, -0.2) is 45.3 Å². The van der Waals surface area contributed by atoms with Gasteiger partial charge in [-0.15, -0.1) is 0 Å². The van der Waals surface area contributed by atoms with E-state index in [-0.39, 0.29) is 6.61 Å². The Kier molecular flexibility index (Phi) is 5.64. The molecule has 2 aromatic rings. The first-order valence-corrected chi connectivity index (χ1v) is 6.82. The lowest BCUT2D eigenvalue weighted by atomic mass is 10.2. The number of aliphatic hydroxyl groups is 1. The summed E-state index contributed by atoms with van der Waals surface area (Å²) in [7, 11) is 2.02. The zero-order chi connectivity index (χ0) is 14.2. The third-order valence-electron chi connectivity index (χ3n) is 2.99. The molecule has 0 fully saturated rings. The van der Waals surface area contributed by atoms with Gasteiger partial charge in [-0.3, -0.25) is 9.88 Å². The number of rotatable bonds is 8. The highest BCUT2D eigenvalue weighted by Crippen LogP contribution is 2.14. The van der Waals surface area contributed by atoms with Gasteiger partial charge in [-0.05, 0) is 45.0 Å². The molecule has 0 amide bonds. The van der Waals surface area contributed by atoms with Crippen molar-refractivity contribution in [3.8, 4) is 11.4 Å². The molecule has 0 aliphatic rings. The summed E-state index contributed by atoms with van der Waals surface area (Å²) in [5, 5.41) is 12.7. The summed E-state index contributed by atoms with van der Waals surface area (Å²) < 4.78 is 5.25. The van der Waals surface area contributed by atoms with Gasteiger partial charge in [-0.25, -0.2) is 0 Å². The third kappa shape index (κ3) is 4.40.